The lowest BCUT2D eigenvalue weighted by Crippen LogP contribution is -2.32. The van der Waals surface area contributed by atoms with Crippen molar-refractivity contribution in [1.29, 1.82) is 0 Å². The Labute approximate surface area is 96.0 Å². The van der Waals surface area contributed by atoms with Crippen molar-refractivity contribution in [3.05, 3.63) is 5.89 Å². The quantitative estimate of drug-likeness (QED) is 0.839. The van der Waals surface area contributed by atoms with Crippen molar-refractivity contribution in [3.8, 4) is 0 Å². The highest BCUT2D eigenvalue weighted by molar-refractivity contribution is 5.26. The van der Waals surface area contributed by atoms with E-state index in [1.54, 1.807) is 0 Å². The third-order valence-electron chi connectivity index (χ3n) is 3.11. The molecule has 2 N–H and O–H groups in total. The van der Waals surface area contributed by atoms with Gasteiger partial charge in [0.1, 0.15) is 0 Å². The van der Waals surface area contributed by atoms with Gasteiger partial charge < -0.3 is 15.1 Å². The van der Waals surface area contributed by atoms with Crippen LogP contribution in [0.4, 0.5) is 6.01 Å². The highest BCUT2D eigenvalue weighted by atomic mass is 16.4. The lowest BCUT2D eigenvalue weighted by Gasteiger charge is -2.24. The standard InChI is InChI=1S/C11H20N4O/c1-9-5-3-2-4-8-15(9)11-14-13-10(16-11)6-7-12/h9H,2-8,12H2,1H3. The summed E-state index contributed by atoms with van der Waals surface area (Å²) in [4.78, 5) is 2.22. The topological polar surface area (TPSA) is 68.2 Å². The van der Waals surface area contributed by atoms with Gasteiger partial charge in [-0.05, 0) is 19.8 Å². The van der Waals surface area contributed by atoms with E-state index in [4.69, 9.17) is 10.2 Å². The number of hydrogen-bond acceptors (Lipinski definition) is 5. The zero-order chi connectivity index (χ0) is 11.4. The fourth-order valence-corrected chi connectivity index (χ4v) is 2.14. The van der Waals surface area contributed by atoms with Crippen LogP contribution in [0.15, 0.2) is 4.42 Å². The van der Waals surface area contributed by atoms with Crippen LogP contribution >= 0.6 is 0 Å². The molecule has 0 radical (unpaired) electrons. The molecule has 1 fully saturated rings. The monoisotopic (exact) mass is 224 g/mol. The van der Waals surface area contributed by atoms with Crippen LogP contribution in [0.3, 0.4) is 0 Å². The van der Waals surface area contributed by atoms with E-state index in [1.807, 2.05) is 0 Å². The smallest absolute Gasteiger partial charge is 0.318 e. The third-order valence-corrected chi connectivity index (χ3v) is 3.11. The summed E-state index contributed by atoms with van der Waals surface area (Å²) in [6, 6.07) is 1.16. The SMILES string of the molecule is CC1CCCCCN1c1nnc(CCN)o1. The zero-order valence-electron chi connectivity index (χ0n) is 9.85. The minimum absolute atomic E-state index is 0.494. The predicted molar refractivity (Wildman–Crippen MR) is 62.3 cm³/mol. The molecule has 0 bridgehead atoms. The van der Waals surface area contributed by atoms with Gasteiger partial charge in [-0.25, -0.2) is 0 Å². The molecule has 1 saturated heterocycles. The second-order valence-electron chi connectivity index (χ2n) is 4.41. The van der Waals surface area contributed by atoms with Crippen molar-refractivity contribution in [2.45, 2.75) is 45.1 Å². The third kappa shape index (κ3) is 2.52. The zero-order valence-corrected chi connectivity index (χ0v) is 9.85. The van der Waals surface area contributed by atoms with Gasteiger partial charge in [0.2, 0.25) is 5.89 Å². The van der Waals surface area contributed by atoms with Crippen molar-refractivity contribution in [2.75, 3.05) is 18.0 Å². The van der Waals surface area contributed by atoms with E-state index in [0.29, 0.717) is 30.9 Å². The predicted octanol–water partition coefficient (Wildman–Crippen LogP) is 1.34. The van der Waals surface area contributed by atoms with E-state index < -0.39 is 0 Å². The minimum atomic E-state index is 0.494. The van der Waals surface area contributed by atoms with Crippen LogP contribution in [0.2, 0.25) is 0 Å². The van der Waals surface area contributed by atoms with Gasteiger partial charge in [0.15, 0.2) is 0 Å². The largest absolute Gasteiger partial charge is 0.408 e. The lowest BCUT2D eigenvalue weighted by molar-refractivity contribution is 0.466. The van der Waals surface area contributed by atoms with E-state index in [9.17, 15) is 0 Å². The fourth-order valence-electron chi connectivity index (χ4n) is 2.14. The summed E-state index contributed by atoms with van der Waals surface area (Å²) in [7, 11) is 0. The second kappa shape index (κ2) is 5.30. The van der Waals surface area contributed by atoms with Gasteiger partial charge in [-0.1, -0.05) is 17.9 Å². The molecule has 0 spiro atoms. The van der Waals surface area contributed by atoms with Gasteiger partial charge in [-0.15, -0.1) is 5.10 Å². The van der Waals surface area contributed by atoms with Crippen LogP contribution < -0.4 is 10.6 Å². The van der Waals surface area contributed by atoms with Crippen molar-refractivity contribution in [1.82, 2.24) is 10.2 Å². The summed E-state index contributed by atoms with van der Waals surface area (Å²) in [5.74, 6) is 0.647. The minimum Gasteiger partial charge on any atom is -0.408 e. The highest BCUT2D eigenvalue weighted by Crippen LogP contribution is 2.22. The Bertz CT molecular complexity index is 326. The Hall–Kier alpha value is -1.10. The average molecular weight is 224 g/mol. The number of aromatic nitrogens is 2. The Morgan fingerprint density at radius 1 is 1.38 bits per heavy atom. The van der Waals surface area contributed by atoms with Crippen LogP contribution in [0.25, 0.3) is 0 Å². The van der Waals surface area contributed by atoms with Gasteiger partial charge >= 0.3 is 6.01 Å². The highest BCUT2D eigenvalue weighted by Gasteiger charge is 2.21. The van der Waals surface area contributed by atoms with Crippen LogP contribution in [0.1, 0.15) is 38.5 Å². The van der Waals surface area contributed by atoms with Gasteiger partial charge in [-0.3, -0.25) is 0 Å². The summed E-state index contributed by atoms with van der Waals surface area (Å²) in [5, 5.41) is 8.11. The Balaban J connectivity index is 2.08. The molecule has 1 unspecified atom stereocenters. The van der Waals surface area contributed by atoms with E-state index in [0.717, 1.165) is 6.54 Å². The van der Waals surface area contributed by atoms with Crippen molar-refractivity contribution >= 4 is 6.01 Å². The molecule has 5 heteroatoms. The maximum Gasteiger partial charge on any atom is 0.318 e. The molecule has 16 heavy (non-hydrogen) atoms. The summed E-state index contributed by atoms with van der Waals surface area (Å²) in [6.45, 7) is 3.79. The molecule has 1 aromatic rings. The van der Waals surface area contributed by atoms with Crippen LogP contribution in [-0.2, 0) is 6.42 Å². The molecular formula is C11H20N4O. The van der Waals surface area contributed by atoms with Crippen LogP contribution in [0.5, 0.6) is 0 Å². The van der Waals surface area contributed by atoms with E-state index in [1.165, 1.54) is 25.7 Å². The lowest BCUT2D eigenvalue weighted by atomic mass is 10.1. The fraction of sp³-hybridized carbons (Fsp3) is 0.818. The summed E-state index contributed by atoms with van der Waals surface area (Å²) < 4.78 is 5.61. The number of nitrogens with two attached hydrogens (primary N) is 1. The molecule has 0 amide bonds. The van der Waals surface area contributed by atoms with E-state index in [-0.39, 0.29) is 0 Å². The molecule has 1 atom stereocenters. The summed E-state index contributed by atoms with van der Waals surface area (Å²) in [5.41, 5.74) is 5.46. The number of rotatable bonds is 3. The maximum atomic E-state index is 5.61. The molecule has 1 aromatic heterocycles. The van der Waals surface area contributed by atoms with E-state index >= 15 is 0 Å². The van der Waals surface area contributed by atoms with Gasteiger partial charge in [-0.2, -0.15) is 0 Å². The first kappa shape index (κ1) is 11.4. The van der Waals surface area contributed by atoms with Crippen molar-refractivity contribution < 1.29 is 4.42 Å². The van der Waals surface area contributed by atoms with Crippen molar-refractivity contribution in [3.63, 3.8) is 0 Å². The average Bonchev–Trinajstić information content (AvgIpc) is 2.61. The number of anilines is 1. The molecule has 0 aromatic carbocycles. The number of hydrogen-bond donors (Lipinski definition) is 1. The molecule has 0 saturated carbocycles. The summed E-state index contributed by atoms with van der Waals surface area (Å²) >= 11 is 0. The first-order chi connectivity index (χ1) is 7.81. The maximum absolute atomic E-state index is 5.61. The first-order valence-corrected chi connectivity index (χ1v) is 6.10. The second-order valence-corrected chi connectivity index (χ2v) is 4.41. The molecule has 1 aliphatic rings. The van der Waals surface area contributed by atoms with E-state index in [2.05, 4.69) is 22.0 Å². The van der Waals surface area contributed by atoms with Crippen LogP contribution in [-0.4, -0.2) is 29.3 Å². The first-order valence-electron chi connectivity index (χ1n) is 6.10. The molecule has 2 rings (SSSR count). The van der Waals surface area contributed by atoms with Crippen LogP contribution in [0, 0.1) is 0 Å². The Morgan fingerprint density at radius 2 is 2.25 bits per heavy atom. The molecule has 0 aliphatic carbocycles. The van der Waals surface area contributed by atoms with Crippen molar-refractivity contribution in [2.24, 2.45) is 5.73 Å². The Morgan fingerprint density at radius 3 is 3.06 bits per heavy atom. The Kier molecular flexibility index (Phi) is 3.77. The molecule has 2 heterocycles. The molecular weight excluding hydrogens is 204 g/mol. The molecule has 1 aliphatic heterocycles. The molecule has 5 nitrogen and oxygen atoms in total. The van der Waals surface area contributed by atoms with Gasteiger partial charge in [0, 0.05) is 25.6 Å². The normalized spacial score (nSPS) is 22.1. The molecule has 90 valence electrons. The summed E-state index contributed by atoms with van der Waals surface area (Å²) in [6.07, 6.45) is 5.66. The number of nitrogens with zero attached hydrogens (tertiary/aromatic N) is 3. The van der Waals surface area contributed by atoms with Gasteiger partial charge in [0.25, 0.3) is 0 Å². The van der Waals surface area contributed by atoms with Gasteiger partial charge in [0.05, 0.1) is 0 Å².